The third-order valence-electron chi connectivity index (χ3n) is 2.09. The molecule has 1 amide bonds. The molecule has 0 saturated carbocycles. The van der Waals surface area contributed by atoms with Gasteiger partial charge in [-0.15, -0.1) is 11.3 Å². The largest absolute Gasteiger partial charge is 0.381 e. The lowest BCUT2D eigenvalue weighted by Crippen LogP contribution is -2.13. The van der Waals surface area contributed by atoms with Crippen LogP contribution in [0.15, 0.2) is 17.5 Å². The molecule has 0 spiro atoms. The highest BCUT2D eigenvalue weighted by Gasteiger charge is 2.09. The van der Waals surface area contributed by atoms with Crippen molar-refractivity contribution in [3.8, 4) is 10.7 Å². The van der Waals surface area contributed by atoms with Crippen molar-refractivity contribution in [2.24, 2.45) is 0 Å². The van der Waals surface area contributed by atoms with Crippen LogP contribution in [0.2, 0.25) is 0 Å². The summed E-state index contributed by atoms with van der Waals surface area (Å²) in [6.45, 7) is 2.95. The number of nitrogens with one attached hydrogen (secondary N) is 1. The number of nitrogens with zero attached hydrogens (tertiary/aromatic N) is 2. The van der Waals surface area contributed by atoms with Gasteiger partial charge in [-0.25, -0.2) is 0 Å². The number of rotatable bonds is 6. The van der Waals surface area contributed by atoms with Crippen molar-refractivity contribution in [2.75, 3.05) is 18.5 Å². The standard InChI is InChI=1S/C11H13N3O2S2/c1-2-16-6-5-9(15)12-11-13-10(14-18-11)8-4-3-7-17-8/h3-4,7H,2,5-6H2,1H3,(H,12,13,14,15). The second-order valence-corrected chi connectivity index (χ2v) is 5.10. The smallest absolute Gasteiger partial charge is 0.228 e. The van der Waals surface area contributed by atoms with Crippen LogP contribution in [0.5, 0.6) is 0 Å². The molecule has 2 rings (SSSR count). The second kappa shape index (κ2) is 6.58. The van der Waals surface area contributed by atoms with Crippen molar-refractivity contribution >= 4 is 33.9 Å². The Kier molecular flexibility index (Phi) is 4.80. The van der Waals surface area contributed by atoms with Crippen molar-refractivity contribution in [3.05, 3.63) is 17.5 Å². The van der Waals surface area contributed by atoms with Crippen LogP contribution in [0.1, 0.15) is 13.3 Å². The second-order valence-electron chi connectivity index (χ2n) is 3.40. The molecule has 2 heterocycles. The molecule has 0 aliphatic carbocycles. The number of hydrogen-bond donors (Lipinski definition) is 1. The minimum absolute atomic E-state index is 0.0997. The van der Waals surface area contributed by atoms with Crippen LogP contribution < -0.4 is 5.32 Å². The maximum atomic E-state index is 11.5. The van der Waals surface area contributed by atoms with Crippen LogP contribution in [-0.2, 0) is 9.53 Å². The van der Waals surface area contributed by atoms with E-state index in [0.29, 0.717) is 30.6 Å². The van der Waals surface area contributed by atoms with Crippen LogP contribution in [-0.4, -0.2) is 28.5 Å². The first-order valence-electron chi connectivity index (χ1n) is 5.54. The van der Waals surface area contributed by atoms with Crippen molar-refractivity contribution in [3.63, 3.8) is 0 Å². The highest BCUT2D eigenvalue weighted by atomic mass is 32.1. The molecule has 0 aromatic carbocycles. The molecule has 0 atom stereocenters. The molecule has 0 unspecified atom stereocenters. The summed E-state index contributed by atoms with van der Waals surface area (Å²) in [5.74, 6) is 0.562. The van der Waals surface area contributed by atoms with Crippen LogP contribution in [0, 0.1) is 0 Å². The predicted molar refractivity (Wildman–Crippen MR) is 73.0 cm³/mol. The third-order valence-corrected chi connectivity index (χ3v) is 3.59. The maximum Gasteiger partial charge on any atom is 0.228 e. The Hall–Kier alpha value is -1.31. The SMILES string of the molecule is CCOCCC(=O)Nc1nc(-c2cccs2)ns1. The van der Waals surface area contributed by atoms with E-state index >= 15 is 0 Å². The van der Waals surface area contributed by atoms with E-state index in [9.17, 15) is 4.79 Å². The summed E-state index contributed by atoms with van der Waals surface area (Å²) in [5.41, 5.74) is 0. The molecule has 0 fully saturated rings. The third kappa shape index (κ3) is 3.59. The van der Waals surface area contributed by atoms with Crippen LogP contribution >= 0.6 is 22.9 Å². The average Bonchev–Trinajstić information content (AvgIpc) is 2.98. The fourth-order valence-corrected chi connectivity index (χ4v) is 2.59. The van der Waals surface area contributed by atoms with Gasteiger partial charge >= 0.3 is 0 Å². The van der Waals surface area contributed by atoms with E-state index < -0.39 is 0 Å². The van der Waals surface area contributed by atoms with Crippen molar-refractivity contribution < 1.29 is 9.53 Å². The fraction of sp³-hybridized carbons (Fsp3) is 0.364. The lowest BCUT2D eigenvalue weighted by atomic mass is 10.4. The molecule has 0 aliphatic heterocycles. The molecular weight excluding hydrogens is 270 g/mol. The highest BCUT2D eigenvalue weighted by molar-refractivity contribution is 7.14. The van der Waals surface area contributed by atoms with Crippen molar-refractivity contribution in [1.82, 2.24) is 9.36 Å². The van der Waals surface area contributed by atoms with E-state index in [-0.39, 0.29) is 5.91 Å². The number of thiophene rings is 1. The van der Waals surface area contributed by atoms with E-state index in [1.54, 1.807) is 11.3 Å². The quantitative estimate of drug-likeness (QED) is 0.828. The number of hydrogen-bond acceptors (Lipinski definition) is 6. The summed E-state index contributed by atoms with van der Waals surface area (Å²) >= 11 is 2.76. The van der Waals surface area contributed by atoms with Gasteiger partial charge < -0.3 is 10.1 Å². The van der Waals surface area contributed by atoms with Crippen molar-refractivity contribution in [1.29, 1.82) is 0 Å². The van der Waals surface area contributed by atoms with E-state index in [2.05, 4.69) is 14.7 Å². The van der Waals surface area contributed by atoms with Gasteiger partial charge in [0, 0.05) is 18.1 Å². The highest BCUT2D eigenvalue weighted by Crippen LogP contribution is 2.24. The van der Waals surface area contributed by atoms with Gasteiger partial charge in [0.1, 0.15) is 0 Å². The van der Waals surface area contributed by atoms with Gasteiger partial charge in [0.25, 0.3) is 0 Å². The van der Waals surface area contributed by atoms with E-state index in [1.165, 1.54) is 11.5 Å². The number of aromatic nitrogens is 2. The van der Waals surface area contributed by atoms with Crippen LogP contribution in [0.25, 0.3) is 10.7 Å². The number of carbonyl (C=O) groups excluding carboxylic acids is 1. The zero-order valence-corrected chi connectivity index (χ0v) is 11.5. The summed E-state index contributed by atoms with van der Waals surface area (Å²) in [4.78, 5) is 16.8. The van der Waals surface area contributed by atoms with Gasteiger partial charge in [-0.3, -0.25) is 4.79 Å². The molecule has 0 bridgehead atoms. The average molecular weight is 283 g/mol. The Morgan fingerprint density at radius 1 is 1.56 bits per heavy atom. The molecule has 5 nitrogen and oxygen atoms in total. The van der Waals surface area contributed by atoms with E-state index in [0.717, 1.165) is 4.88 Å². The van der Waals surface area contributed by atoms with Gasteiger partial charge in [0.05, 0.1) is 17.9 Å². The number of amides is 1. The first-order valence-corrected chi connectivity index (χ1v) is 7.20. The first-order chi connectivity index (χ1) is 8.79. The summed E-state index contributed by atoms with van der Waals surface area (Å²) in [5, 5.41) is 5.21. The molecule has 2 aromatic rings. The van der Waals surface area contributed by atoms with E-state index in [4.69, 9.17) is 4.74 Å². The molecule has 1 N–H and O–H groups in total. The van der Waals surface area contributed by atoms with E-state index in [1.807, 2.05) is 24.4 Å². The molecule has 0 saturated heterocycles. The van der Waals surface area contributed by atoms with Crippen LogP contribution in [0.3, 0.4) is 0 Å². The summed E-state index contributed by atoms with van der Waals surface area (Å²) in [7, 11) is 0. The molecule has 2 aromatic heterocycles. The first kappa shape index (κ1) is 13.1. The minimum atomic E-state index is -0.0997. The Balaban J connectivity index is 1.89. The zero-order chi connectivity index (χ0) is 12.8. The topological polar surface area (TPSA) is 64.1 Å². The Bertz CT molecular complexity index is 496. The van der Waals surface area contributed by atoms with Gasteiger partial charge in [0.2, 0.25) is 11.0 Å². The molecule has 18 heavy (non-hydrogen) atoms. The molecule has 96 valence electrons. The fourth-order valence-electron chi connectivity index (χ4n) is 1.27. The Labute approximate surface area is 113 Å². The summed E-state index contributed by atoms with van der Waals surface area (Å²) < 4.78 is 9.32. The van der Waals surface area contributed by atoms with Gasteiger partial charge in [-0.05, 0) is 18.4 Å². The number of ether oxygens (including phenoxy) is 1. The lowest BCUT2D eigenvalue weighted by molar-refractivity contribution is -0.117. The van der Waals surface area contributed by atoms with Crippen LogP contribution in [0.4, 0.5) is 5.13 Å². The van der Waals surface area contributed by atoms with Gasteiger partial charge in [-0.1, -0.05) is 6.07 Å². The number of carbonyl (C=O) groups is 1. The molecule has 0 radical (unpaired) electrons. The molecular formula is C11H13N3O2S2. The van der Waals surface area contributed by atoms with Gasteiger partial charge in [-0.2, -0.15) is 9.36 Å². The predicted octanol–water partition coefficient (Wildman–Crippen LogP) is 2.63. The minimum Gasteiger partial charge on any atom is -0.381 e. The summed E-state index contributed by atoms with van der Waals surface area (Å²) in [6, 6.07) is 3.90. The lowest BCUT2D eigenvalue weighted by Gasteiger charge is -2.00. The maximum absolute atomic E-state index is 11.5. The zero-order valence-electron chi connectivity index (χ0n) is 9.88. The Morgan fingerprint density at radius 2 is 2.44 bits per heavy atom. The number of anilines is 1. The van der Waals surface area contributed by atoms with Crippen molar-refractivity contribution in [2.45, 2.75) is 13.3 Å². The Morgan fingerprint density at radius 3 is 3.17 bits per heavy atom. The molecule has 7 heteroatoms. The van der Waals surface area contributed by atoms with Gasteiger partial charge in [0.15, 0.2) is 5.82 Å². The monoisotopic (exact) mass is 283 g/mol. The summed E-state index contributed by atoms with van der Waals surface area (Å²) in [6.07, 6.45) is 0.335. The molecule has 0 aliphatic rings. The normalized spacial score (nSPS) is 10.5.